The molecule has 2 aromatic rings. The fraction of sp³-hybridized carbons (Fsp3) is 0. The van der Waals surface area contributed by atoms with Crippen molar-refractivity contribution >= 4 is 0 Å². The Balaban J connectivity index is 2.63. The number of nitrogens with zero attached hydrogens (tertiary/aromatic N) is 4. The van der Waals surface area contributed by atoms with Crippen LogP contribution < -0.4 is 5.56 Å². The van der Waals surface area contributed by atoms with Crippen LogP contribution in [0.2, 0.25) is 0 Å². The number of aromatic nitrogens is 4. The molecule has 5 heteroatoms. The SMILES string of the molecule is O=c1ccccn1-n1ccnn1. The van der Waals surface area contributed by atoms with Crippen LogP contribution in [0.4, 0.5) is 0 Å². The summed E-state index contributed by atoms with van der Waals surface area (Å²) in [6.45, 7) is 0. The van der Waals surface area contributed by atoms with E-state index in [0.29, 0.717) is 0 Å². The van der Waals surface area contributed by atoms with E-state index in [9.17, 15) is 4.79 Å². The molecule has 12 heavy (non-hydrogen) atoms. The van der Waals surface area contributed by atoms with Crippen LogP contribution in [0.15, 0.2) is 41.6 Å². The minimum atomic E-state index is -0.136. The Bertz CT molecular complexity index is 417. The number of pyridine rings is 1. The van der Waals surface area contributed by atoms with E-state index in [1.807, 2.05) is 0 Å². The van der Waals surface area contributed by atoms with Gasteiger partial charge in [-0.1, -0.05) is 6.07 Å². The lowest BCUT2D eigenvalue weighted by Crippen LogP contribution is -2.24. The van der Waals surface area contributed by atoms with E-state index in [2.05, 4.69) is 10.3 Å². The average molecular weight is 162 g/mol. The summed E-state index contributed by atoms with van der Waals surface area (Å²) in [5.74, 6) is 0. The second-order valence-electron chi connectivity index (χ2n) is 2.21. The van der Waals surface area contributed by atoms with E-state index in [4.69, 9.17) is 0 Å². The molecule has 2 aromatic heterocycles. The van der Waals surface area contributed by atoms with Crippen LogP contribution in [0.1, 0.15) is 0 Å². The molecule has 5 nitrogen and oxygen atoms in total. The maximum atomic E-state index is 11.2. The highest BCUT2D eigenvalue weighted by Crippen LogP contribution is 1.82. The number of hydrogen-bond acceptors (Lipinski definition) is 3. The largest absolute Gasteiger partial charge is 0.270 e. The molecule has 0 saturated carbocycles. The molecule has 60 valence electrons. The molecule has 0 amide bonds. The first kappa shape index (κ1) is 6.78. The third-order valence-electron chi connectivity index (χ3n) is 1.43. The summed E-state index contributed by atoms with van der Waals surface area (Å²) in [5.41, 5.74) is -0.136. The monoisotopic (exact) mass is 162 g/mol. The van der Waals surface area contributed by atoms with Crippen LogP contribution in [0.25, 0.3) is 0 Å². The van der Waals surface area contributed by atoms with Gasteiger partial charge in [0.15, 0.2) is 0 Å². The Morgan fingerprint density at radius 1 is 1.25 bits per heavy atom. The van der Waals surface area contributed by atoms with Crippen LogP contribution in [-0.4, -0.2) is 19.8 Å². The standard InChI is InChI=1S/C7H6N4O/c12-7-3-1-2-5-10(7)11-6-4-8-9-11/h1-6H. The molecule has 0 aliphatic rings. The topological polar surface area (TPSA) is 52.7 Å². The quantitative estimate of drug-likeness (QED) is 0.581. The van der Waals surface area contributed by atoms with Gasteiger partial charge in [0, 0.05) is 12.3 Å². The first-order chi connectivity index (χ1) is 5.88. The van der Waals surface area contributed by atoms with Gasteiger partial charge in [-0.2, -0.15) is 4.79 Å². The predicted molar refractivity (Wildman–Crippen MR) is 41.5 cm³/mol. The van der Waals surface area contributed by atoms with E-state index in [0.717, 1.165) is 0 Å². The molecule has 0 spiro atoms. The molecule has 2 heterocycles. The summed E-state index contributed by atoms with van der Waals surface area (Å²) in [4.78, 5) is 12.6. The van der Waals surface area contributed by atoms with Crippen molar-refractivity contribution in [1.82, 2.24) is 19.8 Å². The van der Waals surface area contributed by atoms with Gasteiger partial charge in [-0.25, -0.2) is 4.68 Å². The van der Waals surface area contributed by atoms with Gasteiger partial charge < -0.3 is 0 Å². The average Bonchev–Trinajstić information content (AvgIpc) is 2.57. The minimum absolute atomic E-state index is 0.136. The van der Waals surface area contributed by atoms with E-state index >= 15 is 0 Å². The Labute approximate surface area is 67.8 Å². The lowest BCUT2D eigenvalue weighted by Gasteiger charge is -2.00. The lowest BCUT2D eigenvalue weighted by atomic mass is 10.5. The molecule has 0 bridgehead atoms. The Morgan fingerprint density at radius 3 is 2.83 bits per heavy atom. The molecule has 0 aliphatic heterocycles. The van der Waals surface area contributed by atoms with Crippen molar-refractivity contribution in [2.24, 2.45) is 0 Å². The van der Waals surface area contributed by atoms with Crippen LogP contribution in [0.3, 0.4) is 0 Å². The Morgan fingerprint density at radius 2 is 2.17 bits per heavy atom. The van der Waals surface area contributed by atoms with E-state index in [1.54, 1.807) is 24.5 Å². The van der Waals surface area contributed by atoms with Gasteiger partial charge in [0.05, 0.1) is 12.4 Å². The fourth-order valence-corrected chi connectivity index (χ4v) is 0.905. The highest BCUT2D eigenvalue weighted by Gasteiger charge is 1.94. The van der Waals surface area contributed by atoms with Crippen LogP contribution >= 0.6 is 0 Å². The molecular formula is C7H6N4O. The van der Waals surface area contributed by atoms with E-state index < -0.39 is 0 Å². The zero-order chi connectivity index (χ0) is 8.39. The fourth-order valence-electron chi connectivity index (χ4n) is 0.905. The Hall–Kier alpha value is -1.91. The third-order valence-corrected chi connectivity index (χ3v) is 1.43. The summed E-state index contributed by atoms with van der Waals surface area (Å²) >= 11 is 0. The summed E-state index contributed by atoms with van der Waals surface area (Å²) in [6, 6.07) is 4.89. The molecule has 0 N–H and O–H groups in total. The lowest BCUT2D eigenvalue weighted by molar-refractivity contribution is 0.531. The molecule has 0 atom stereocenters. The smallest absolute Gasteiger partial charge is 0.267 e. The van der Waals surface area contributed by atoms with Crippen molar-refractivity contribution in [1.29, 1.82) is 0 Å². The highest BCUT2D eigenvalue weighted by molar-refractivity contribution is 4.93. The van der Waals surface area contributed by atoms with Gasteiger partial charge in [-0.3, -0.25) is 4.79 Å². The number of hydrogen-bond donors (Lipinski definition) is 0. The zero-order valence-electron chi connectivity index (χ0n) is 6.16. The van der Waals surface area contributed by atoms with Crippen molar-refractivity contribution in [3.05, 3.63) is 47.1 Å². The summed E-state index contributed by atoms with van der Waals surface area (Å²) in [7, 11) is 0. The first-order valence-electron chi connectivity index (χ1n) is 3.42. The first-order valence-corrected chi connectivity index (χ1v) is 3.42. The molecule has 0 fully saturated rings. The highest BCUT2D eigenvalue weighted by atomic mass is 16.1. The second kappa shape index (κ2) is 2.61. The van der Waals surface area contributed by atoms with Crippen molar-refractivity contribution in [3.63, 3.8) is 0 Å². The van der Waals surface area contributed by atoms with Gasteiger partial charge in [-0.05, 0) is 11.3 Å². The van der Waals surface area contributed by atoms with Crippen molar-refractivity contribution in [2.45, 2.75) is 0 Å². The maximum Gasteiger partial charge on any atom is 0.270 e. The maximum absolute atomic E-state index is 11.2. The molecule has 0 aliphatic carbocycles. The molecular weight excluding hydrogens is 156 g/mol. The van der Waals surface area contributed by atoms with Crippen molar-refractivity contribution in [2.75, 3.05) is 0 Å². The van der Waals surface area contributed by atoms with Gasteiger partial charge in [0.25, 0.3) is 5.56 Å². The van der Waals surface area contributed by atoms with Gasteiger partial charge in [-0.15, -0.1) is 5.10 Å². The summed E-state index contributed by atoms with van der Waals surface area (Å²) < 4.78 is 1.35. The summed E-state index contributed by atoms with van der Waals surface area (Å²) in [6.07, 6.45) is 4.73. The van der Waals surface area contributed by atoms with Crippen LogP contribution in [-0.2, 0) is 0 Å². The van der Waals surface area contributed by atoms with E-state index in [1.165, 1.54) is 21.7 Å². The molecule has 2 rings (SSSR count). The van der Waals surface area contributed by atoms with Crippen molar-refractivity contribution in [3.8, 4) is 0 Å². The van der Waals surface area contributed by atoms with E-state index in [-0.39, 0.29) is 5.56 Å². The van der Waals surface area contributed by atoms with Crippen molar-refractivity contribution < 1.29 is 0 Å². The second-order valence-corrected chi connectivity index (χ2v) is 2.21. The van der Waals surface area contributed by atoms with Gasteiger partial charge in [0.1, 0.15) is 0 Å². The van der Waals surface area contributed by atoms with Crippen LogP contribution in [0.5, 0.6) is 0 Å². The Kier molecular flexibility index (Phi) is 1.48. The van der Waals surface area contributed by atoms with Crippen LogP contribution in [0, 0.1) is 0 Å². The molecule has 0 unspecified atom stereocenters. The predicted octanol–water partition coefficient (Wildman–Crippen LogP) is -0.249. The normalized spacial score (nSPS) is 10.0. The zero-order valence-corrected chi connectivity index (χ0v) is 6.16. The molecule has 0 radical (unpaired) electrons. The van der Waals surface area contributed by atoms with Gasteiger partial charge in [0.2, 0.25) is 0 Å². The minimum Gasteiger partial charge on any atom is -0.267 e. The summed E-state index contributed by atoms with van der Waals surface area (Å²) in [5, 5.41) is 7.27. The molecule has 0 aromatic carbocycles. The van der Waals surface area contributed by atoms with Gasteiger partial charge >= 0.3 is 0 Å². The molecule has 0 saturated heterocycles. The number of rotatable bonds is 1. The third kappa shape index (κ3) is 1.01.